The van der Waals surface area contributed by atoms with E-state index in [4.69, 9.17) is 13.9 Å². The number of rotatable bonds is 7. The van der Waals surface area contributed by atoms with Crippen LogP contribution in [0.3, 0.4) is 0 Å². The molecule has 3 aromatic heterocycles. The smallest absolute Gasteiger partial charge is 0.345 e. The van der Waals surface area contributed by atoms with Crippen LogP contribution in [-0.4, -0.2) is 17.1 Å². The zero-order chi connectivity index (χ0) is 22.6. The van der Waals surface area contributed by atoms with Crippen molar-refractivity contribution >= 4 is 33.1 Å². The highest BCUT2D eigenvalue weighted by Gasteiger charge is 2.15. The third-order valence-corrected chi connectivity index (χ3v) is 5.71. The first-order valence-electron chi connectivity index (χ1n) is 10.2. The van der Waals surface area contributed by atoms with E-state index in [-0.39, 0.29) is 6.61 Å². The number of hydrogen-bond donors (Lipinski definition) is 1. The van der Waals surface area contributed by atoms with Gasteiger partial charge in [0.2, 0.25) is 0 Å². The van der Waals surface area contributed by atoms with Crippen molar-refractivity contribution in [3.63, 3.8) is 0 Å². The molecule has 0 radical (unpaired) electrons. The number of ether oxygens (including phenoxy) is 2. The number of nitrogens with zero attached hydrogens (tertiary/aromatic N) is 2. The van der Waals surface area contributed by atoms with Gasteiger partial charge in [0.05, 0.1) is 29.7 Å². The number of thiazole rings is 1. The van der Waals surface area contributed by atoms with Crippen LogP contribution in [0.25, 0.3) is 22.2 Å². The highest BCUT2D eigenvalue weighted by Crippen LogP contribution is 2.32. The summed E-state index contributed by atoms with van der Waals surface area (Å²) in [6.07, 6.45) is 1.71. The number of para-hydroxylation sites is 3. The van der Waals surface area contributed by atoms with Gasteiger partial charge in [-0.25, -0.2) is 9.78 Å². The maximum atomic E-state index is 12.8. The first kappa shape index (κ1) is 20.7. The molecule has 0 bridgehead atoms. The maximum absolute atomic E-state index is 12.8. The second-order valence-electron chi connectivity index (χ2n) is 7.09. The fraction of sp³-hybridized carbons (Fsp3) is 0.0800. The van der Waals surface area contributed by atoms with Crippen LogP contribution in [0.4, 0.5) is 10.8 Å². The maximum Gasteiger partial charge on any atom is 0.345 e. The van der Waals surface area contributed by atoms with Gasteiger partial charge in [-0.2, -0.15) is 0 Å². The summed E-state index contributed by atoms with van der Waals surface area (Å²) >= 11 is 1.39. The monoisotopic (exact) mass is 457 g/mol. The molecule has 0 aliphatic heterocycles. The molecule has 0 saturated carbocycles. The van der Waals surface area contributed by atoms with E-state index < -0.39 is 5.63 Å². The van der Waals surface area contributed by atoms with E-state index in [1.54, 1.807) is 25.4 Å². The minimum absolute atomic E-state index is 0.273. The zero-order valence-corrected chi connectivity index (χ0v) is 18.5. The van der Waals surface area contributed by atoms with E-state index in [1.807, 2.05) is 60.0 Å². The van der Waals surface area contributed by atoms with Gasteiger partial charge in [0.15, 0.2) is 16.5 Å². The molecule has 7 nitrogen and oxygen atoms in total. The van der Waals surface area contributed by atoms with Crippen LogP contribution in [0, 0.1) is 0 Å². The lowest BCUT2D eigenvalue weighted by atomic mass is 10.1. The van der Waals surface area contributed by atoms with E-state index in [2.05, 4.69) is 15.3 Å². The SMILES string of the molecule is COc1ccccc1Nc1nc(-c2cc3cccc(OCc4ccccn4)c3oc2=O)cs1. The van der Waals surface area contributed by atoms with E-state index >= 15 is 0 Å². The lowest BCUT2D eigenvalue weighted by Crippen LogP contribution is -2.04. The molecule has 0 saturated heterocycles. The van der Waals surface area contributed by atoms with Gasteiger partial charge in [-0.05, 0) is 36.4 Å². The standard InChI is InChI=1S/C25H19N3O4S/c1-30-21-10-3-2-9-19(21)27-25-28-20(15-33-25)18-13-16-7-6-11-22(23(16)32-24(18)29)31-14-17-8-4-5-12-26-17/h2-13,15H,14H2,1H3,(H,27,28). The number of aromatic nitrogens is 2. The minimum atomic E-state index is -0.481. The molecule has 0 aliphatic rings. The summed E-state index contributed by atoms with van der Waals surface area (Å²) in [6.45, 7) is 0.273. The second kappa shape index (κ2) is 9.13. The molecule has 0 unspecified atom stereocenters. The van der Waals surface area contributed by atoms with E-state index in [9.17, 15) is 4.79 Å². The molecule has 33 heavy (non-hydrogen) atoms. The molecule has 0 fully saturated rings. The van der Waals surface area contributed by atoms with Gasteiger partial charge < -0.3 is 19.2 Å². The van der Waals surface area contributed by atoms with Crippen LogP contribution < -0.4 is 20.4 Å². The number of anilines is 2. The Morgan fingerprint density at radius 3 is 2.73 bits per heavy atom. The topological polar surface area (TPSA) is 86.5 Å². The number of benzene rings is 2. The van der Waals surface area contributed by atoms with E-state index in [1.165, 1.54) is 11.3 Å². The predicted octanol–water partition coefficient (Wildman–Crippen LogP) is 5.64. The molecule has 2 aromatic carbocycles. The van der Waals surface area contributed by atoms with Crippen molar-refractivity contribution in [3.8, 4) is 22.8 Å². The molecule has 5 aromatic rings. The van der Waals surface area contributed by atoms with Gasteiger partial charge in [-0.15, -0.1) is 11.3 Å². The Hall–Kier alpha value is -4.17. The summed E-state index contributed by atoms with van der Waals surface area (Å²) in [4.78, 5) is 21.6. The summed E-state index contributed by atoms with van der Waals surface area (Å²) in [6, 6.07) is 20.5. The second-order valence-corrected chi connectivity index (χ2v) is 7.95. The largest absolute Gasteiger partial charge is 0.495 e. The zero-order valence-electron chi connectivity index (χ0n) is 17.6. The molecular formula is C25H19N3O4S. The fourth-order valence-corrected chi connectivity index (χ4v) is 4.09. The van der Waals surface area contributed by atoms with Crippen molar-refractivity contribution in [1.29, 1.82) is 0 Å². The summed E-state index contributed by atoms with van der Waals surface area (Å²) in [5, 5.41) is 6.44. The van der Waals surface area contributed by atoms with Crippen molar-refractivity contribution in [2.24, 2.45) is 0 Å². The van der Waals surface area contributed by atoms with E-state index in [0.29, 0.717) is 33.5 Å². The van der Waals surface area contributed by atoms with Gasteiger partial charge >= 0.3 is 5.63 Å². The Labute approximate surface area is 193 Å². The number of hydrogen-bond acceptors (Lipinski definition) is 8. The molecule has 0 spiro atoms. The molecule has 3 heterocycles. The third kappa shape index (κ3) is 4.42. The van der Waals surface area contributed by atoms with Crippen LogP contribution in [0.15, 0.2) is 87.5 Å². The van der Waals surface area contributed by atoms with Crippen molar-refractivity contribution in [1.82, 2.24) is 9.97 Å². The average Bonchev–Trinajstić information content (AvgIpc) is 3.31. The third-order valence-electron chi connectivity index (χ3n) is 4.95. The number of pyridine rings is 1. The Bertz CT molecular complexity index is 1460. The Kier molecular flexibility index (Phi) is 5.73. The number of fused-ring (bicyclic) bond motifs is 1. The predicted molar refractivity (Wildman–Crippen MR) is 128 cm³/mol. The number of methoxy groups -OCH3 is 1. The lowest BCUT2D eigenvalue weighted by Gasteiger charge is -2.09. The highest BCUT2D eigenvalue weighted by molar-refractivity contribution is 7.14. The molecule has 0 amide bonds. The molecular weight excluding hydrogens is 438 g/mol. The average molecular weight is 458 g/mol. The van der Waals surface area contributed by atoms with Crippen LogP contribution in [-0.2, 0) is 6.61 Å². The van der Waals surface area contributed by atoms with Gasteiger partial charge in [0.25, 0.3) is 0 Å². The molecule has 8 heteroatoms. The molecule has 1 N–H and O–H groups in total. The quantitative estimate of drug-likeness (QED) is 0.316. The van der Waals surface area contributed by atoms with Gasteiger partial charge in [-0.3, -0.25) is 4.98 Å². The normalized spacial score (nSPS) is 10.8. The van der Waals surface area contributed by atoms with Gasteiger partial charge in [-0.1, -0.05) is 30.3 Å². The first-order chi connectivity index (χ1) is 16.2. The van der Waals surface area contributed by atoms with E-state index in [0.717, 1.165) is 16.8 Å². The lowest BCUT2D eigenvalue weighted by molar-refractivity contribution is 0.299. The molecule has 164 valence electrons. The summed E-state index contributed by atoms with van der Waals surface area (Å²) < 4.78 is 16.9. The molecule has 0 aliphatic carbocycles. The van der Waals surface area contributed by atoms with Crippen LogP contribution in [0.5, 0.6) is 11.5 Å². The molecule has 0 atom stereocenters. The van der Waals surface area contributed by atoms with Crippen molar-refractivity contribution in [2.75, 3.05) is 12.4 Å². The summed E-state index contributed by atoms with van der Waals surface area (Å²) in [5.74, 6) is 1.19. The van der Waals surface area contributed by atoms with Gasteiger partial charge in [0.1, 0.15) is 12.4 Å². The Morgan fingerprint density at radius 1 is 1.03 bits per heavy atom. The first-order valence-corrected chi connectivity index (χ1v) is 11.0. The highest BCUT2D eigenvalue weighted by atomic mass is 32.1. The Morgan fingerprint density at radius 2 is 1.88 bits per heavy atom. The fourth-order valence-electron chi connectivity index (χ4n) is 3.36. The van der Waals surface area contributed by atoms with Crippen LogP contribution in [0.1, 0.15) is 5.69 Å². The Balaban J connectivity index is 1.43. The molecule has 5 rings (SSSR count). The summed E-state index contributed by atoms with van der Waals surface area (Å²) in [5.41, 5.74) is 2.41. The summed E-state index contributed by atoms with van der Waals surface area (Å²) in [7, 11) is 1.61. The van der Waals surface area contributed by atoms with Crippen molar-refractivity contribution < 1.29 is 13.9 Å². The van der Waals surface area contributed by atoms with Crippen molar-refractivity contribution in [2.45, 2.75) is 6.61 Å². The van der Waals surface area contributed by atoms with Gasteiger partial charge in [0, 0.05) is 17.0 Å². The number of nitrogens with one attached hydrogen (secondary N) is 1. The van der Waals surface area contributed by atoms with Crippen molar-refractivity contribution in [3.05, 3.63) is 94.4 Å². The minimum Gasteiger partial charge on any atom is -0.495 e. The van der Waals surface area contributed by atoms with Crippen LogP contribution >= 0.6 is 11.3 Å². The van der Waals surface area contributed by atoms with Crippen LogP contribution in [0.2, 0.25) is 0 Å².